The van der Waals surface area contributed by atoms with Crippen molar-refractivity contribution in [3.63, 3.8) is 0 Å². The number of anilines is 1. The topological polar surface area (TPSA) is 75.0 Å². The molecule has 0 radical (unpaired) electrons. The SMILES string of the molecule is CC[C@H](OC)C(=N)c1nccnc1C1CN(c2ccc3ccccc3n2)C1. The highest BCUT2D eigenvalue weighted by Gasteiger charge is 2.33. The zero-order valence-electron chi connectivity index (χ0n) is 15.6. The van der Waals surface area contributed by atoms with Crippen molar-refractivity contribution in [2.75, 3.05) is 25.1 Å². The van der Waals surface area contributed by atoms with Gasteiger partial charge in [-0.25, -0.2) is 4.98 Å². The summed E-state index contributed by atoms with van der Waals surface area (Å²) in [5.41, 5.74) is 2.95. The largest absolute Gasteiger partial charge is 0.375 e. The fourth-order valence-corrected chi connectivity index (χ4v) is 3.57. The molecule has 0 saturated carbocycles. The van der Waals surface area contributed by atoms with E-state index in [0.29, 0.717) is 11.4 Å². The summed E-state index contributed by atoms with van der Waals surface area (Å²) in [7, 11) is 1.63. The first kappa shape index (κ1) is 17.5. The van der Waals surface area contributed by atoms with Crippen LogP contribution >= 0.6 is 0 Å². The molecule has 0 aliphatic carbocycles. The van der Waals surface area contributed by atoms with Gasteiger partial charge in [0.25, 0.3) is 0 Å². The maximum Gasteiger partial charge on any atom is 0.129 e. The zero-order chi connectivity index (χ0) is 18.8. The fraction of sp³-hybridized carbons (Fsp3) is 0.333. The van der Waals surface area contributed by atoms with Gasteiger partial charge < -0.3 is 15.0 Å². The van der Waals surface area contributed by atoms with Crippen LogP contribution in [0.5, 0.6) is 0 Å². The Morgan fingerprint density at radius 2 is 1.96 bits per heavy atom. The number of hydrogen-bond acceptors (Lipinski definition) is 6. The van der Waals surface area contributed by atoms with Crippen LogP contribution in [0.25, 0.3) is 10.9 Å². The van der Waals surface area contributed by atoms with Crippen molar-refractivity contribution in [1.29, 1.82) is 5.41 Å². The van der Waals surface area contributed by atoms with Crippen molar-refractivity contribution < 1.29 is 4.74 Å². The molecular formula is C21H23N5O. The second-order valence-corrected chi connectivity index (χ2v) is 6.80. The summed E-state index contributed by atoms with van der Waals surface area (Å²) in [6.45, 7) is 3.66. The first-order valence-electron chi connectivity index (χ1n) is 9.24. The normalized spacial score (nSPS) is 15.6. The van der Waals surface area contributed by atoms with Crippen molar-refractivity contribution in [2.24, 2.45) is 0 Å². The predicted octanol–water partition coefficient (Wildman–Crippen LogP) is 3.42. The second-order valence-electron chi connectivity index (χ2n) is 6.80. The van der Waals surface area contributed by atoms with E-state index in [2.05, 4.69) is 33.1 Å². The highest BCUT2D eigenvalue weighted by atomic mass is 16.5. The van der Waals surface area contributed by atoms with Crippen LogP contribution in [0.1, 0.15) is 30.7 Å². The molecule has 0 bridgehead atoms. The molecule has 6 heteroatoms. The Hall–Kier alpha value is -2.86. The molecule has 4 rings (SSSR count). The van der Waals surface area contributed by atoms with Crippen LogP contribution in [0.15, 0.2) is 48.8 Å². The van der Waals surface area contributed by atoms with Gasteiger partial charge in [-0.2, -0.15) is 0 Å². The van der Waals surface area contributed by atoms with Crippen LogP contribution in [0, 0.1) is 5.41 Å². The van der Waals surface area contributed by atoms with Gasteiger partial charge in [0.2, 0.25) is 0 Å². The van der Waals surface area contributed by atoms with E-state index >= 15 is 0 Å². The lowest BCUT2D eigenvalue weighted by atomic mass is 9.92. The van der Waals surface area contributed by atoms with E-state index in [0.717, 1.165) is 41.9 Å². The molecule has 0 spiro atoms. The van der Waals surface area contributed by atoms with Gasteiger partial charge in [0.05, 0.1) is 16.9 Å². The van der Waals surface area contributed by atoms with Crippen molar-refractivity contribution >= 4 is 22.4 Å². The summed E-state index contributed by atoms with van der Waals surface area (Å²) in [5, 5.41) is 9.62. The lowest BCUT2D eigenvalue weighted by Gasteiger charge is -2.40. The standard InChI is InChI=1S/C21H23N5O/c1-3-17(27-2)19(22)21-20(23-10-11-24-21)15-12-26(13-15)18-9-8-14-6-4-5-7-16(14)25-18/h4-11,15,17,22H,3,12-13H2,1-2H3/t17-/m0/s1. The molecule has 1 aliphatic heterocycles. The van der Waals surface area contributed by atoms with Gasteiger partial charge in [-0.15, -0.1) is 0 Å². The Labute approximate surface area is 158 Å². The van der Waals surface area contributed by atoms with E-state index in [4.69, 9.17) is 15.1 Å². The van der Waals surface area contributed by atoms with Crippen molar-refractivity contribution in [2.45, 2.75) is 25.4 Å². The monoisotopic (exact) mass is 361 g/mol. The fourth-order valence-electron chi connectivity index (χ4n) is 3.57. The first-order valence-corrected chi connectivity index (χ1v) is 9.24. The Kier molecular flexibility index (Phi) is 4.81. The van der Waals surface area contributed by atoms with Crippen molar-refractivity contribution in [1.82, 2.24) is 15.0 Å². The number of para-hydroxylation sites is 1. The maximum atomic E-state index is 8.47. The van der Waals surface area contributed by atoms with Gasteiger partial charge in [0, 0.05) is 43.9 Å². The second kappa shape index (κ2) is 7.40. The summed E-state index contributed by atoms with van der Waals surface area (Å²) in [6.07, 6.45) is 3.84. The van der Waals surface area contributed by atoms with E-state index in [1.165, 1.54) is 0 Å². The van der Waals surface area contributed by atoms with E-state index in [1.807, 2.05) is 25.1 Å². The summed E-state index contributed by atoms with van der Waals surface area (Å²) in [6, 6.07) is 12.3. The van der Waals surface area contributed by atoms with Crippen LogP contribution < -0.4 is 4.90 Å². The quantitative estimate of drug-likeness (QED) is 0.681. The number of methoxy groups -OCH3 is 1. The van der Waals surface area contributed by atoms with E-state index < -0.39 is 0 Å². The molecule has 1 saturated heterocycles. The molecule has 3 heterocycles. The first-order chi connectivity index (χ1) is 13.2. The number of nitrogens with zero attached hydrogens (tertiary/aromatic N) is 4. The van der Waals surface area contributed by atoms with Crippen LogP contribution in [0.4, 0.5) is 5.82 Å². The minimum absolute atomic E-state index is 0.247. The van der Waals surface area contributed by atoms with Crippen LogP contribution in [-0.4, -0.2) is 47.0 Å². The molecule has 0 amide bonds. The van der Waals surface area contributed by atoms with E-state index in [9.17, 15) is 0 Å². The summed E-state index contributed by atoms with van der Waals surface area (Å²) in [4.78, 5) is 16.0. The van der Waals surface area contributed by atoms with Gasteiger partial charge in [-0.1, -0.05) is 25.1 Å². The third-order valence-electron chi connectivity index (χ3n) is 5.13. The number of fused-ring (bicyclic) bond motifs is 1. The minimum atomic E-state index is -0.251. The van der Waals surface area contributed by atoms with Gasteiger partial charge in [-0.05, 0) is 24.6 Å². The Morgan fingerprint density at radius 1 is 1.19 bits per heavy atom. The number of ether oxygens (including phenoxy) is 1. The van der Waals surface area contributed by atoms with Crippen LogP contribution in [0.2, 0.25) is 0 Å². The molecule has 1 aromatic carbocycles. The van der Waals surface area contributed by atoms with Crippen LogP contribution in [-0.2, 0) is 4.74 Å². The Balaban J connectivity index is 1.53. The lowest BCUT2D eigenvalue weighted by Crippen LogP contribution is -2.46. The lowest BCUT2D eigenvalue weighted by molar-refractivity contribution is 0.152. The molecule has 6 nitrogen and oxygen atoms in total. The van der Waals surface area contributed by atoms with Gasteiger partial charge in [-0.3, -0.25) is 9.97 Å². The molecule has 27 heavy (non-hydrogen) atoms. The number of pyridine rings is 1. The molecule has 1 aliphatic rings. The Bertz CT molecular complexity index is 963. The third kappa shape index (κ3) is 3.28. The molecule has 2 aromatic heterocycles. The molecule has 1 N–H and O–H groups in total. The highest BCUT2D eigenvalue weighted by Crippen LogP contribution is 2.32. The smallest absolute Gasteiger partial charge is 0.129 e. The maximum absolute atomic E-state index is 8.47. The number of nitrogens with one attached hydrogen (secondary N) is 1. The predicted molar refractivity (Wildman–Crippen MR) is 107 cm³/mol. The molecule has 3 aromatic rings. The van der Waals surface area contributed by atoms with Gasteiger partial charge >= 0.3 is 0 Å². The van der Waals surface area contributed by atoms with Gasteiger partial charge in [0.15, 0.2) is 0 Å². The minimum Gasteiger partial charge on any atom is -0.375 e. The summed E-state index contributed by atoms with van der Waals surface area (Å²) < 4.78 is 5.42. The molecule has 1 fully saturated rings. The third-order valence-corrected chi connectivity index (χ3v) is 5.13. The molecular weight excluding hydrogens is 338 g/mol. The number of hydrogen-bond donors (Lipinski definition) is 1. The summed E-state index contributed by atoms with van der Waals surface area (Å²) >= 11 is 0. The number of aromatic nitrogens is 3. The number of rotatable bonds is 6. The zero-order valence-corrected chi connectivity index (χ0v) is 15.6. The molecule has 1 atom stereocenters. The molecule has 0 unspecified atom stereocenters. The number of benzene rings is 1. The van der Waals surface area contributed by atoms with Crippen molar-refractivity contribution in [3.8, 4) is 0 Å². The van der Waals surface area contributed by atoms with Gasteiger partial charge in [0.1, 0.15) is 17.6 Å². The van der Waals surface area contributed by atoms with E-state index in [1.54, 1.807) is 19.5 Å². The highest BCUT2D eigenvalue weighted by molar-refractivity contribution is 6.01. The average Bonchev–Trinajstić information content (AvgIpc) is 2.68. The Morgan fingerprint density at radius 3 is 2.74 bits per heavy atom. The summed E-state index contributed by atoms with van der Waals surface area (Å²) in [5.74, 6) is 1.23. The van der Waals surface area contributed by atoms with Crippen molar-refractivity contribution in [3.05, 3.63) is 60.2 Å². The van der Waals surface area contributed by atoms with Crippen LogP contribution in [0.3, 0.4) is 0 Å². The molecule has 138 valence electrons. The van der Waals surface area contributed by atoms with E-state index in [-0.39, 0.29) is 12.0 Å². The average molecular weight is 361 g/mol.